The van der Waals surface area contributed by atoms with Crippen molar-refractivity contribution in [3.8, 4) is 0 Å². The maximum atomic E-state index is 6.19. The lowest BCUT2D eigenvalue weighted by atomic mass is 10.0. The summed E-state index contributed by atoms with van der Waals surface area (Å²) in [5, 5.41) is 0. The predicted molar refractivity (Wildman–Crippen MR) is 69.9 cm³/mol. The first-order chi connectivity index (χ1) is 8.22. The topological polar surface area (TPSA) is 39.2 Å². The highest BCUT2D eigenvalue weighted by atomic mass is 16.3. The van der Waals surface area contributed by atoms with Crippen LogP contribution in [0.3, 0.4) is 0 Å². The van der Waals surface area contributed by atoms with Gasteiger partial charge in [-0.25, -0.2) is 0 Å². The summed E-state index contributed by atoms with van der Waals surface area (Å²) in [5.74, 6) is 0.855. The molecule has 90 valence electrons. The lowest BCUT2D eigenvalue weighted by Gasteiger charge is -2.11. The van der Waals surface area contributed by atoms with E-state index >= 15 is 0 Å². The van der Waals surface area contributed by atoms with E-state index in [2.05, 4.69) is 31.2 Å². The highest BCUT2D eigenvalue weighted by Gasteiger charge is 2.14. The minimum Gasteiger partial charge on any atom is -0.467 e. The minimum atomic E-state index is -0.166. The zero-order valence-corrected chi connectivity index (χ0v) is 10.4. The maximum absolute atomic E-state index is 6.19. The number of rotatable bonds is 4. The second-order valence-electron chi connectivity index (χ2n) is 4.44. The van der Waals surface area contributed by atoms with Crippen LogP contribution in [-0.2, 0) is 6.42 Å². The van der Waals surface area contributed by atoms with Gasteiger partial charge in [0.2, 0.25) is 0 Å². The van der Waals surface area contributed by atoms with Gasteiger partial charge in [0.25, 0.3) is 0 Å². The molecule has 1 aromatic heterocycles. The molecule has 2 rings (SSSR count). The van der Waals surface area contributed by atoms with Crippen molar-refractivity contribution in [3.63, 3.8) is 0 Å². The second kappa shape index (κ2) is 5.19. The number of nitrogens with two attached hydrogens (primary N) is 1. The van der Waals surface area contributed by atoms with Crippen LogP contribution in [-0.4, -0.2) is 0 Å². The SMILES string of the molecule is CCCc1ccc(C(N)c2occc2C)cc1. The van der Waals surface area contributed by atoms with E-state index in [-0.39, 0.29) is 6.04 Å². The first-order valence-corrected chi connectivity index (χ1v) is 6.10. The Labute approximate surface area is 102 Å². The molecule has 0 spiro atoms. The molecule has 0 aliphatic heterocycles. The van der Waals surface area contributed by atoms with Crippen LogP contribution in [0.5, 0.6) is 0 Å². The minimum absolute atomic E-state index is 0.166. The van der Waals surface area contributed by atoms with Crippen LogP contribution in [0.4, 0.5) is 0 Å². The first kappa shape index (κ1) is 11.9. The van der Waals surface area contributed by atoms with Crippen molar-refractivity contribution in [2.75, 3.05) is 0 Å². The molecule has 0 aliphatic rings. The van der Waals surface area contributed by atoms with Crippen molar-refractivity contribution in [1.82, 2.24) is 0 Å². The monoisotopic (exact) mass is 229 g/mol. The summed E-state index contributed by atoms with van der Waals surface area (Å²) in [6.07, 6.45) is 3.98. The normalized spacial score (nSPS) is 12.6. The quantitative estimate of drug-likeness (QED) is 0.870. The zero-order valence-electron chi connectivity index (χ0n) is 10.4. The van der Waals surface area contributed by atoms with Gasteiger partial charge in [-0.05, 0) is 36.1 Å². The van der Waals surface area contributed by atoms with Crippen LogP contribution in [0.2, 0.25) is 0 Å². The summed E-state index contributed by atoms with van der Waals surface area (Å²) >= 11 is 0. The number of hydrogen-bond donors (Lipinski definition) is 1. The lowest BCUT2D eigenvalue weighted by molar-refractivity contribution is 0.487. The molecule has 2 heteroatoms. The lowest BCUT2D eigenvalue weighted by Crippen LogP contribution is -2.12. The number of aryl methyl sites for hydroxylation is 2. The van der Waals surface area contributed by atoms with Crippen LogP contribution < -0.4 is 5.73 Å². The van der Waals surface area contributed by atoms with Crippen molar-refractivity contribution in [1.29, 1.82) is 0 Å². The molecule has 1 atom stereocenters. The van der Waals surface area contributed by atoms with E-state index in [4.69, 9.17) is 10.2 Å². The molecule has 0 saturated carbocycles. The van der Waals surface area contributed by atoms with Gasteiger partial charge in [-0.3, -0.25) is 0 Å². The number of furan rings is 1. The van der Waals surface area contributed by atoms with Crippen LogP contribution in [0.1, 0.15) is 41.8 Å². The third kappa shape index (κ3) is 2.59. The Morgan fingerprint density at radius 2 is 1.88 bits per heavy atom. The third-order valence-electron chi connectivity index (χ3n) is 3.06. The van der Waals surface area contributed by atoms with E-state index < -0.39 is 0 Å². The van der Waals surface area contributed by atoms with Gasteiger partial charge in [0.05, 0.1) is 12.3 Å². The Bertz CT molecular complexity index is 470. The van der Waals surface area contributed by atoms with Gasteiger partial charge in [0.1, 0.15) is 5.76 Å². The predicted octanol–water partition coefficient (Wildman–Crippen LogP) is 3.59. The summed E-state index contributed by atoms with van der Waals surface area (Å²) < 4.78 is 5.43. The van der Waals surface area contributed by atoms with Crippen molar-refractivity contribution >= 4 is 0 Å². The summed E-state index contributed by atoms with van der Waals surface area (Å²) in [6.45, 7) is 4.20. The summed E-state index contributed by atoms with van der Waals surface area (Å²) in [4.78, 5) is 0. The van der Waals surface area contributed by atoms with Gasteiger partial charge >= 0.3 is 0 Å². The molecule has 0 bridgehead atoms. The van der Waals surface area contributed by atoms with E-state index in [1.54, 1.807) is 6.26 Å². The fourth-order valence-electron chi connectivity index (χ4n) is 2.03. The number of hydrogen-bond acceptors (Lipinski definition) is 2. The van der Waals surface area contributed by atoms with Gasteiger partial charge in [-0.2, -0.15) is 0 Å². The fourth-order valence-corrected chi connectivity index (χ4v) is 2.03. The smallest absolute Gasteiger partial charge is 0.127 e. The molecule has 17 heavy (non-hydrogen) atoms. The molecule has 0 saturated heterocycles. The van der Waals surface area contributed by atoms with E-state index in [1.807, 2.05) is 13.0 Å². The zero-order chi connectivity index (χ0) is 12.3. The molecule has 1 aromatic carbocycles. The van der Waals surface area contributed by atoms with Crippen LogP contribution in [0.15, 0.2) is 41.0 Å². The maximum Gasteiger partial charge on any atom is 0.127 e. The second-order valence-corrected chi connectivity index (χ2v) is 4.44. The Morgan fingerprint density at radius 3 is 2.41 bits per heavy atom. The molecular formula is C15H19NO. The molecule has 0 amide bonds. The van der Waals surface area contributed by atoms with Gasteiger partial charge in [-0.15, -0.1) is 0 Å². The van der Waals surface area contributed by atoms with Crippen molar-refractivity contribution in [3.05, 3.63) is 59.0 Å². The van der Waals surface area contributed by atoms with E-state index in [0.717, 1.165) is 23.3 Å². The first-order valence-electron chi connectivity index (χ1n) is 6.10. The van der Waals surface area contributed by atoms with Gasteiger partial charge in [0.15, 0.2) is 0 Å². The Morgan fingerprint density at radius 1 is 1.18 bits per heavy atom. The van der Waals surface area contributed by atoms with Crippen molar-refractivity contribution < 1.29 is 4.42 Å². The molecule has 1 unspecified atom stereocenters. The van der Waals surface area contributed by atoms with Gasteiger partial charge in [-0.1, -0.05) is 37.6 Å². The van der Waals surface area contributed by atoms with Crippen LogP contribution in [0, 0.1) is 6.92 Å². The summed E-state index contributed by atoms with van der Waals surface area (Å²) in [6, 6.07) is 10.3. The molecule has 1 heterocycles. The third-order valence-corrected chi connectivity index (χ3v) is 3.06. The molecule has 2 N–H and O–H groups in total. The Balaban J connectivity index is 2.20. The van der Waals surface area contributed by atoms with E-state index in [0.29, 0.717) is 0 Å². The Hall–Kier alpha value is -1.54. The van der Waals surface area contributed by atoms with Crippen LogP contribution >= 0.6 is 0 Å². The molecular weight excluding hydrogens is 210 g/mol. The average molecular weight is 229 g/mol. The Kier molecular flexibility index (Phi) is 3.64. The highest BCUT2D eigenvalue weighted by Crippen LogP contribution is 2.23. The molecule has 2 aromatic rings. The van der Waals surface area contributed by atoms with Gasteiger partial charge in [0, 0.05) is 0 Å². The number of benzene rings is 1. The fraction of sp³-hybridized carbons (Fsp3) is 0.333. The van der Waals surface area contributed by atoms with Crippen LogP contribution in [0.25, 0.3) is 0 Å². The molecule has 0 fully saturated rings. The van der Waals surface area contributed by atoms with E-state index in [9.17, 15) is 0 Å². The van der Waals surface area contributed by atoms with Crippen molar-refractivity contribution in [2.45, 2.75) is 32.7 Å². The highest BCUT2D eigenvalue weighted by molar-refractivity contribution is 5.32. The van der Waals surface area contributed by atoms with E-state index in [1.165, 1.54) is 12.0 Å². The molecule has 0 aliphatic carbocycles. The molecule has 0 radical (unpaired) electrons. The average Bonchev–Trinajstić information content (AvgIpc) is 2.76. The molecule has 2 nitrogen and oxygen atoms in total. The van der Waals surface area contributed by atoms with Crippen molar-refractivity contribution in [2.24, 2.45) is 5.73 Å². The standard InChI is InChI=1S/C15H19NO/c1-3-4-12-5-7-13(8-6-12)14(16)15-11(2)9-10-17-15/h5-10,14H,3-4,16H2,1-2H3. The largest absolute Gasteiger partial charge is 0.467 e. The van der Waals surface area contributed by atoms with Gasteiger partial charge < -0.3 is 10.2 Å². The summed E-state index contributed by atoms with van der Waals surface area (Å²) in [5.41, 5.74) is 9.76. The summed E-state index contributed by atoms with van der Waals surface area (Å²) in [7, 11) is 0.